The first-order chi connectivity index (χ1) is 9.65. The third-order valence-corrected chi connectivity index (χ3v) is 2.77. The normalized spacial score (nSPS) is 24.6. The van der Waals surface area contributed by atoms with Gasteiger partial charge in [-0.15, -0.1) is 0 Å². The van der Waals surface area contributed by atoms with Gasteiger partial charge in [0.15, 0.2) is 0 Å². The SMILES string of the molecule is CC(=O)OC[C@H]1O[C@H](C#Cc2ccccc2)C=C[C@H]1O. The second kappa shape index (κ2) is 6.90. The molecule has 0 saturated heterocycles. The number of carbonyl (C=O) groups is 1. The average molecular weight is 272 g/mol. The van der Waals surface area contributed by atoms with E-state index >= 15 is 0 Å². The number of carbonyl (C=O) groups excluding carboxylic acids is 1. The van der Waals surface area contributed by atoms with Gasteiger partial charge in [-0.05, 0) is 18.2 Å². The molecule has 104 valence electrons. The summed E-state index contributed by atoms with van der Waals surface area (Å²) in [6.07, 6.45) is 1.52. The van der Waals surface area contributed by atoms with Crippen molar-refractivity contribution in [3.05, 3.63) is 48.0 Å². The van der Waals surface area contributed by atoms with Crippen molar-refractivity contribution in [2.45, 2.75) is 25.2 Å². The van der Waals surface area contributed by atoms with E-state index in [4.69, 9.17) is 9.47 Å². The van der Waals surface area contributed by atoms with Crippen LogP contribution in [0, 0.1) is 11.8 Å². The van der Waals surface area contributed by atoms with Crippen LogP contribution in [0.15, 0.2) is 42.5 Å². The van der Waals surface area contributed by atoms with Crippen LogP contribution < -0.4 is 0 Å². The summed E-state index contributed by atoms with van der Waals surface area (Å²) in [5, 5.41) is 9.73. The quantitative estimate of drug-likeness (QED) is 0.501. The Labute approximate surface area is 118 Å². The highest BCUT2D eigenvalue weighted by Gasteiger charge is 2.25. The summed E-state index contributed by atoms with van der Waals surface area (Å²) in [6, 6.07) is 9.56. The first-order valence-corrected chi connectivity index (χ1v) is 6.37. The van der Waals surface area contributed by atoms with E-state index in [0.29, 0.717) is 0 Å². The topological polar surface area (TPSA) is 55.8 Å². The summed E-state index contributed by atoms with van der Waals surface area (Å²) in [5.74, 6) is 5.56. The molecule has 1 N–H and O–H groups in total. The Morgan fingerprint density at radius 3 is 2.80 bits per heavy atom. The first-order valence-electron chi connectivity index (χ1n) is 6.37. The third-order valence-electron chi connectivity index (χ3n) is 2.77. The van der Waals surface area contributed by atoms with Crippen molar-refractivity contribution in [1.82, 2.24) is 0 Å². The fourth-order valence-corrected chi connectivity index (χ4v) is 1.75. The molecule has 1 aliphatic rings. The van der Waals surface area contributed by atoms with Gasteiger partial charge in [0.05, 0.1) is 0 Å². The maximum absolute atomic E-state index is 10.8. The van der Waals surface area contributed by atoms with Crippen molar-refractivity contribution in [2.24, 2.45) is 0 Å². The molecule has 1 aliphatic heterocycles. The van der Waals surface area contributed by atoms with Crippen LogP contribution in [-0.2, 0) is 14.3 Å². The minimum atomic E-state index is -0.788. The van der Waals surface area contributed by atoms with Crippen LogP contribution in [-0.4, -0.2) is 36.0 Å². The molecular formula is C16H16O4. The van der Waals surface area contributed by atoms with Crippen LogP contribution in [0.3, 0.4) is 0 Å². The summed E-state index contributed by atoms with van der Waals surface area (Å²) < 4.78 is 10.4. The molecule has 3 atom stereocenters. The van der Waals surface area contributed by atoms with Crippen LogP contribution >= 0.6 is 0 Å². The second-order valence-corrected chi connectivity index (χ2v) is 4.41. The van der Waals surface area contributed by atoms with E-state index < -0.39 is 24.3 Å². The molecule has 0 unspecified atom stereocenters. The fraction of sp³-hybridized carbons (Fsp3) is 0.312. The van der Waals surface area contributed by atoms with E-state index in [2.05, 4.69) is 11.8 Å². The number of esters is 1. The van der Waals surface area contributed by atoms with Crippen molar-refractivity contribution >= 4 is 5.97 Å². The van der Waals surface area contributed by atoms with E-state index in [9.17, 15) is 9.90 Å². The predicted molar refractivity (Wildman–Crippen MR) is 73.8 cm³/mol. The fourth-order valence-electron chi connectivity index (χ4n) is 1.75. The number of benzene rings is 1. The molecule has 0 fully saturated rings. The van der Waals surface area contributed by atoms with Crippen LogP contribution in [0.2, 0.25) is 0 Å². The van der Waals surface area contributed by atoms with Gasteiger partial charge in [0, 0.05) is 12.5 Å². The summed E-state index contributed by atoms with van der Waals surface area (Å²) in [5.41, 5.74) is 0.896. The minimum Gasteiger partial charge on any atom is -0.463 e. The number of hydrogen-bond donors (Lipinski definition) is 1. The van der Waals surface area contributed by atoms with Crippen molar-refractivity contribution in [3.8, 4) is 11.8 Å². The van der Waals surface area contributed by atoms with E-state index in [0.717, 1.165) is 5.56 Å². The van der Waals surface area contributed by atoms with E-state index in [1.807, 2.05) is 30.3 Å². The zero-order chi connectivity index (χ0) is 14.4. The van der Waals surface area contributed by atoms with Crippen molar-refractivity contribution < 1.29 is 19.4 Å². The highest BCUT2D eigenvalue weighted by molar-refractivity contribution is 5.65. The van der Waals surface area contributed by atoms with Crippen LogP contribution in [0.25, 0.3) is 0 Å². The zero-order valence-corrected chi connectivity index (χ0v) is 11.2. The van der Waals surface area contributed by atoms with E-state index in [-0.39, 0.29) is 6.61 Å². The smallest absolute Gasteiger partial charge is 0.302 e. The molecule has 0 aliphatic carbocycles. The molecule has 4 nitrogen and oxygen atoms in total. The Balaban J connectivity index is 1.98. The lowest BCUT2D eigenvalue weighted by atomic mass is 10.1. The summed E-state index contributed by atoms with van der Waals surface area (Å²) in [7, 11) is 0. The largest absolute Gasteiger partial charge is 0.463 e. The monoisotopic (exact) mass is 272 g/mol. The van der Waals surface area contributed by atoms with Gasteiger partial charge in [-0.2, -0.15) is 0 Å². The molecule has 1 heterocycles. The zero-order valence-electron chi connectivity index (χ0n) is 11.2. The van der Waals surface area contributed by atoms with Gasteiger partial charge in [-0.25, -0.2) is 0 Å². The Morgan fingerprint density at radius 1 is 1.35 bits per heavy atom. The average Bonchev–Trinajstić information content (AvgIpc) is 2.46. The van der Waals surface area contributed by atoms with E-state index in [1.54, 1.807) is 12.2 Å². The summed E-state index contributed by atoms with van der Waals surface area (Å²) >= 11 is 0. The van der Waals surface area contributed by atoms with Crippen LogP contribution in [0.5, 0.6) is 0 Å². The number of aliphatic hydroxyl groups excluding tert-OH is 1. The molecule has 0 bridgehead atoms. The van der Waals surface area contributed by atoms with Gasteiger partial charge in [0.25, 0.3) is 0 Å². The van der Waals surface area contributed by atoms with Gasteiger partial charge in [0.1, 0.15) is 24.9 Å². The summed E-state index contributed by atoms with van der Waals surface area (Å²) in [6.45, 7) is 1.34. The van der Waals surface area contributed by atoms with Crippen molar-refractivity contribution in [1.29, 1.82) is 0 Å². The lowest BCUT2D eigenvalue weighted by Crippen LogP contribution is -2.38. The Hall–Kier alpha value is -2.09. The minimum absolute atomic E-state index is 0.0182. The number of rotatable bonds is 2. The van der Waals surface area contributed by atoms with Crippen LogP contribution in [0.4, 0.5) is 0 Å². The Kier molecular flexibility index (Phi) is 4.94. The van der Waals surface area contributed by atoms with Gasteiger partial charge in [0.2, 0.25) is 0 Å². The van der Waals surface area contributed by atoms with Crippen molar-refractivity contribution in [2.75, 3.05) is 6.61 Å². The lowest BCUT2D eigenvalue weighted by Gasteiger charge is -2.26. The summed E-state index contributed by atoms with van der Waals surface area (Å²) in [4.78, 5) is 10.8. The number of aliphatic hydroxyl groups is 1. The highest BCUT2D eigenvalue weighted by atomic mass is 16.6. The second-order valence-electron chi connectivity index (χ2n) is 4.41. The Morgan fingerprint density at radius 2 is 2.10 bits per heavy atom. The number of hydrogen-bond acceptors (Lipinski definition) is 4. The third kappa shape index (κ3) is 4.23. The maximum atomic E-state index is 10.8. The molecule has 0 saturated carbocycles. The molecule has 0 spiro atoms. The predicted octanol–water partition coefficient (Wildman–Crippen LogP) is 1.29. The van der Waals surface area contributed by atoms with Gasteiger partial charge < -0.3 is 14.6 Å². The molecule has 0 amide bonds. The highest BCUT2D eigenvalue weighted by Crippen LogP contribution is 2.13. The van der Waals surface area contributed by atoms with E-state index in [1.165, 1.54) is 6.92 Å². The Bertz CT molecular complexity index is 539. The standard InChI is InChI=1S/C16H16O4/c1-12(17)19-11-16-15(18)10-9-14(20-16)8-7-13-5-3-2-4-6-13/h2-6,9-10,14-16,18H,11H2,1H3/t14-,15-,16-/m1/s1. The van der Waals surface area contributed by atoms with Crippen molar-refractivity contribution in [3.63, 3.8) is 0 Å². The molecule has 0 radical (unpaired) electrons. The molecule has 4 heteroatoms. The molecule has 1 aromatic rings. The molecule has 0 aromatic heterocycles. The molecular weight excluding hydrogens is 256 g/mol. The first kappa shape index (κ1) is 14.3. The molecule has 2 rings (SSSR count). The number of ether oxygens (including phenoxy) is 2. The lowest BCUT2D eigenvalue weighted by molar-refractivity contribution is -0.149. The molecule has 20 heavy (non-hydrogen) atoms. The van der Waals surface area contributed by atoms with Gasteiger partial charge in [-0.3, -0.25) is 4.79 Å². The van der Waals surface area contributed by atoms with Crippen LogP contribution in [0.1, 0.15) is 12.5 Å². The van der Waals surface area contributed by atoms with Gasteiger partial charge >= 0.3 is 5.97 Å². The maximum Gasteiger partial charge on any atom is 0.302 e. The van der Waals surface area contributed by atoms with Gasteiger partial charge in [-0.1, -0.05) is 36.1 Å². The molecule has 1 aromatic carbocycles.